The molecule has 0 spiro atoms. The number of aromatic nitrogens is 1. The van der Waals surface area contributed by atoms with Crippen LogP contribution in [0.5, 0.6) is 5.75 Å². The highest BCUT2D eigenvalue weighted by atomic mass is 16.5. The van der Waals surface area contributed by atoms with Gasteiger partial charge in [-0.1, -0.05) is 24.3 Å². The molecule has 0 unspecified atom stereocenters. The molecule has 2 aromatic carbocycles. The molecule has 164 valence electrons. The first-order chi connectivity index (χ1) is 15.1. The second kappa shape index (κ2) is 10.1. The van der Waals surface area contributed by atoms with Crippen molar-refractivity contribution in [3.63, 3.8) is 0 Å². The van der Waals surface area contributed by atoms with E-state index in [9.17, 15) is 4.79 Å². The van der Waals surface area contributed by atoms with Gasteiger partial charge in [0.05, 0.1) is 7.11 Å². The van der Waals surface area contributed by atoms with Gasteiger partial charge >= 0.3 is 0 Å². The maximum absolute atomic E-state index is 12.6. The van der Waals surface area contributed by atoms with E-state index in [-0.39, 0.29) is 5.43 Å². The number of methoxy groups -OCH3 is 1. The predicted molar refractivity (Wildman–Crippen MR) is 127 cm³/mol. The number of hydrogen-bond donors (Lipinski definition) is 1. The fraction of sp³-hybridized carbons (Fsp3) is 0.423. The Morgan fingerprint density at radius 3 is 2.58 bits per heavy atom. The summed E-state index contributed by atoms with van der Waals surface area (Å²) in [6, 6.07) is 17.9. The Morgan fingerprint density at radius 2 is 1.84 bits per heavy atom. The average molecular weight is 420 g/mol. The average Bonchev–Trinajstić information content (AvgIpc) is 2.79. The molecule has 3 aromatic rings. The highest BCUT2D eigenvalue weighted by Crippen LogP contribution is 2.19. The third-order valence-electron chi connectivity index (χ3n) is 6.42. The molecular formula is C26H33N3O2. The number of aromatic amines is 1. The second-order valence-electron chi connectivity index (χ2n) is 8.78. The summed E-state index contributed by atoms with van der Waals surface area (Å²) in [5.41, 5.74) is 3.31. The first kappa shape index (κ1) is 21.6. The van der Waals surface area contributed by atoms with Crippen LogP contribution in [0.25, 0.3) is 10.9 Å². The van der Waals surface area contributed by atoms with Crippen molar-refractivity contribution in [2.45, 2.75) is 25.8 Å². The minimum absolute atomic E-state index is 0.0961. The molecule has 0 saturated carbocycles. The minimum atomic E-state index is 0.0961. The van der Waals surface area contributed by atoms with Crippen LogP contribution in [0.1, 0.15) is 24.1 Å². The van der Waals surface area contributed by atoms with Crippen LogP contribution in [0.2, 0.25) is 0 Å². The lowest BCUT2D eigenvalue weighted by atomic mass is 9.96. The van der Waals surface area contributed by atoms with Gasteiger partial charge < -0.3 is 14.6 Å². The van der Waals surface area contributed by atoms with E-state index in [4.69, 9.17) is 4.74 Å². The molecule has 5 nitrogen and oxygen atoms in total. The van der Waals surface area contributed by atoms with E-state index >= 15 is 0 Å². The van der Waals surface area contributed by atoms with E-state index in [0.29, 0.717) is 5.92 Å². The van der Waals surface area contributed by atoms with Crippen molar-refractivity contribution in [2.75, 3.05) is 40.3 Å². The number of likely N-dealkylation sites (tertiary alicyclic amines) is 1. The maximum atomic E-state index is 12.6. The fourth-order valence-electron chi connectivity index (χ4n) is 4.50. The van der Waals surface area contributed by atoms with Gasteiger partial charge in [0.1, 0.15) is 5.75 Å². The number of para-hydroxylation sites is 1. The zero-order valence-corrected chi connectivity index (χ0v) is 18.6. The third-order valence-corrected chi connectivity index (χ3v) is 6.42. The molecule has 0 atom stereocenters. The summed E-state index contributed by atoms with van der Waals surface area (Å²) >= 11 is 0. The molecule has 0 amide bonds. The fourth-order valence-corrected chi connectivity index (χ4v) is 4.50. The molecule has 1 N–H and O–H groups in total. The number of rotatable bonds is 8. The molecule has 1 aliphatic rings. The molecule has 4 rings (SSSR count). The largest absolute Gasteiger partial charge is 0.497 e. The van der Waals surface area contributed by atoms with Crippen LogP contribution in [0, 0.1) is 5.92 Å². The van der Waals surface area contributed by atoms with Gasteiger partial charge in [0.25, 0.3) is 0 Å². The van der Waals surface area contributed by atoms with Crippen LogP contribution in [0.4, 0.5) is 0 Å². The van der Waals surface area contributed by atoms with E-state index in [1.54, 1.807) is 13.2 Å². The van der Waals surface area contributed by atoms with Crippen LogP contribution in [0.15, 0.2) is 59.4 Å². The Labute approximate surface area is 184 Å². The van der Waals surface area contributed by atoms with Gasteiger partial charge in [0.15, 0.2) is 5.43 Å². The number of benzene rings is 2. The minimum Gasteiger partial charge on any atom is -0.497 e. The highest BCUT2D eigenvalue weighted by molar-refractivity contribution is 5.78. The number of piperidine rings is 1. The van der Waals surface area contributed by atoms with Gasteiger partial charge in [0.2, 0.25) is 0 Å². The second-order valence-corrected chi connectivity index (χ2v) is 8.78. The third kappa shape index (κ3) is 5.75. The van der Waals surface area contributed by atoms with E-state index in [2.05, 4.69) is 34.0 Å². The summed E-state index contributed by atoms with van der Waals surface area (Å²) < 4.78 is 5.28. The Bertz CT molecular complexity index is 1040. The molecule has 31 heavy (non-hydrogen) atoms. The van der Waals surface area contributed by atoms with Crippen molar-refractivity contribution >= 4 is 10.9 Å². The molecule has 5 heteroatoms. The van der Waals surface area contributed by atoms with E-state index in [1.165, 1.54) is 31.5 Å². The zero-order valence-electron chi connectivity index (χ0n) is 18.6. The number of pyridine rings is 1. The number of nitrogens with one attached hydrogen (secondary N) is 1. The van der Waals surface area contributed by atoms with Crippen LogP contribution in [-0.4, -0.2) is 55.1 Å². The monoisotopic (exact) mass is 419 g/mol. The van der Waals surface area contributed by atoms with Crippen molar-refractivity contribution in [2.24, 2.45) is 5.92 Å². The molecule has 1 saturated heterocycles. The molecule has 1 aliphatic heterocycles. The van der Waals surface area contributed by atoms with E-state index < -0.39 is 0 Å². The lowest BCUT2D eigenvalue weighted by Gasteiger charge is -2.33. The summed E-state index contributed by atoms with van der Waals surface area (Å²) in [6.07, 6.45) is 3.46. The topological polar surface area (TPSA) is 48.6 Å². The molecule has 0 radical (unpaired) electrons. The molecular weight excluding hydrogens is 386 g/mol. The smallest absolute Gasteiger partial charge is 0.189 e. The highest BCUT2D eigenvalue weighted by Gasteiger charge is 2.20. The predicted octanol–water partition coefficient (Wildman–Crippen LogP) is 3.92. The molecule has 1 fully saturated rings. The van der Waals surface area contributed by atoms with Gasteiger partial charge in [-0.25, -0.2) is 0 Å². The SMILES string of the molecule is COc1ccc(CCN(Cc2cc(=O)c3ccccc3[nH]2)CC2CCN(C)CC2)cc1. The molecule has 2 heterocycles. The van der Waals surface area contributed by atoms with Crippen molar-refractivity contribution in [1.29, 1.82) is 0 Å². The number of fused-ring (bicyclic) bond motifs is 1. The van der Waals surface area contributed by atoms with Crippen LogP contribution in [-0.2, 0) is 13.0 Å². The van der Waals surface area contributed by atoms with Gasteiger partial charge in [-0.15, -0.1) is 0 Å². The van der Waals surface area contributed by atoms with Crippen LogP contribution >= 0.6 is 0 Å². The summed E-state index contributed by atoms with van der Waals surface area (Å²) in [5, 5.41) is 0.756. The summed E-state index contributed by atoms with van der Waals surface area (Å²) in [7, 11) is 3.90. The summed E-state index contributed by atoms with van der Waals surface area (Å²) in [6.45, 7) is 5.14. The van der Waals surface area contributed by atoms with E-state index in [0.717, 1.165) is 48.4 Å². The number of hydrogen-bond acceptors (Lipinski definition) is 4. The van der Waals surface area contributed by atoms with Crippen LogP contribution < -0.4 is 10.2 Å². The quantitative estimate of drug-likeness (QED) is 0.601. The lowest BCUT2D eigenvalue weighted by molar-refractivity contribution is 0.156. The molecule has 0 bridgehead atoms. The molecule has 1 aromatic heterocycles. The Morgan fingerprint density at radius 1 is 1.10 bits per heavy atom. The number of nitrogens with zero attached hydrogens (tertiary/aromatic N) is 2. The first-order valence-electron chi connectivity index (χ1n) is 11.3. The number of H-pyrrole nitrogens is 1. The van der Waals surface area contributed by atoms with Crippen molar-refractivity contribution < 1.29 is 4.74 Å². The van der Waals surface area contributed by atoms with Gasteiger partial charge in [-0.2, -0.15) is 0 Å². The van der Waals surface area contributed by atoms with Crippen molar-refractivity contribution in [3.8, 4) is 5.75 Å². The van der Waals surface area contributed by atoms with Crippen molar-refractivity contribution in [3.05, 3.63) is 76.1 Å². The first-order valence-corrected chi connectivity index (χ1v) is 11.3. The lowest BCUT2D eigenvalue weighted by Crippen LogP contribution is -2.37. The van der Waals surface area contributed by atoms with Crippen molar-refractivity contribution in [1.82, 2.24) is 14.8 Å². The van der Waals surface area contributed by atoms with Gasteiger partial charge in [-0.05, 0) is 75.1 Å². The summed E-state index contributed by atoms with van der Waals surface area (Å²) in [5.74, 6) is 1.60. The Kier molecular flexibility index (Phi) is 7.05. The Balaban J connectivity index is 1.49. The standard InChI is InChI=1S/C26H33N3O2/c1-28-14-11-21(12-15-28)18-29(16-13-20-7-9-23(31-2)10-8-20)19-22-17-26(30)24-5-3-4-6-25(24)27-22/h3-10,17,21H,11-16,18-19H2,1-2H3,(H,27,30). The van der Waals surface area contributed by atoms with Crippen LogP contribution in [0.3, 0.4) is 0 Å². The van der Waals surface area contributed by atoms with Gasteiger partial charge in [-0.3, -0.25) is 9.69 Å². The number of ether oxygens (including phenoxy) is 1. The van der Waals surface area contributed by atoms with Gasteiger partial charge in [0, 0.05) is 42.3 Å². The van der Waals surface area contributed by atoms with E-state index in [1.807, 2.05) is 36.4 Å². The molecule has 0 aliphatic carbocycles. The Hall–Kier alpha value is -2.63. The normalized spacial score (nSPS) is 15.6. The maximum Gasteiger partial charge on any atom is 0.189 e. The zero-order chi connectivity index (χ0) is 21.6. The summed E-state index contributed by atoms with van der Waals surface area (Å²) in [4.78, 5) is 21.0.